The zero-order valence-corrected chi connectivity index (χ0v) is 10.1. The first-order chi connectivity index (χ1) is 7.56. The summed E-state index contributed by atoms with van der Waals surface area (Å²) < 4.78 is 24.8. The van der Waals surface area contributed by atoms with Crippen molar-refractivity contribution >= 4 is 10.0 Å². The van der Waals surface area contributed by atoms with Crippen LogP contribution in [0.4, 0.5) is 0 Å². The SMILES string of the molecule is CN(Cc1ncn[nH]1)S(=O)(=O)CCCCN. The number of nitrogens with one attached hydrogen (secondary N) is 1. The van der Waals surface area contributed by atoms with Crippen molar-refractivity contribution in [2.24, 2.45) is 5.73 Å². The molecule has 0 aromatic carbocycles. The summed E-state index contributed by atoms with van der Waals surface area (Å²) >= 11 is 0. The van der Waals surface area contributed by atoms with Gasteiger partial charge in [0.15, 0.2) is 0 Å². The monoisotopic (exact) mass is 247 g/mol. The first kappa shape index (κ1) is 13.1. The number of nitrogens with zero attached hydrogens (tertiary/aromatic N) is 3. The van der Waals surface area contributed by atoms with Gasteiger partial charge in [-0.1, -0.05) is 0 Å². The molecule has 3 N–H and O–H groups in total. The van der Waals surface area contributed by atoms with E-state index in [1.54, 1.807) is 0 Å². The highest BCUT2D eigenvalue weighted by molar-refractivity contribution is 7.89. The molecule has 0 spiro atoms. The fraction of sp³-hybridized carbons (Fsp3) is 0.750. The molecule has 1 aromatic rings. The molecule has 0 unspecified atom stereocenters. The van der Waals surface area contributed by atoms with Gasteiger partial charge in [0.25, 0.3) is 0 Å². The number of aromatic nitrogens is 3. The molecule has 0 amide bonds. The molecule has 0 aliphatic heterocycles. The first-order valence-electron chi connectivity index (χ1n) is 5.04. The lowest BCUT2D eigenvalue weighted by molar-refractivity contribution is 0.455. The third kappa shape index (κ3) is 3.87. The predicted molar refractivity (Wildman–Crippen MR) is 59.9 cm³/mol. The van der Waals surface area contributed by atoms with E-state index in [0.717, 1.165) is 6.42 Å². The zero-order chi connectivity index (χ0) is 12.0. The topological polar surface area (TPSA) is 105 Å². The van der Waals surface area contributed by atoms with Crippen LogP contribution in [-0.4, -0.2) is 47.2 Å². The van der Waals surface area contributed by atoms with Gasteiger partial charge in [-0.15, -0.1) is 0 Å². The van der Waals surface area contributed by atoms with Gasteiger partial charge in [0, 0.05) is 7.05 Å². The smallest absolute Gasteiger partial charge is 0.214 e. The Hall–Kier alpha value is -0.990. The van der Waals surface area contributed by atoms with Gasteiger partial charge in [-0.2, -0.15) is 9.40 Å². The molecule has 16 heavy (non-hydrogen) atoms. The van der Waals surface area contributed by atoms with Crippen molar-refractivity contribution in [3.05, 3.63) is 12.2 Å². The molecule has 0 aliphatic carbocycles. The third-order valence-electron chi connectivity index (χ3n) is 2.17. The summed E-state index contributed by atoms with van der Waals surface area (Å²) in [6, 6.07) is 0. The van der Waals surface area contributed by atoms with Crippen molar-refractivity contribution in [3.63, 3.8) is 0 Å². The number of rotatable bonds is 7. The van der Waals surface area contributed by atoms with Gasteiger partial charge < -0.3 is 5.73 Å². The molecular formula is C8H17N5O2S. The molecule has 0 saturated heterocycles. The maximum absolute atomic E-state index is 11.8. The molecule has 8 heteroatoms. The minimum absolute atomic E-state index is 0.120. The second-order valence-corrected chi connectivity index (χ2v) is 5.70. The second-order valence-electron chi connectivity index (χ2n) is 3.50. The Kier molecular flexibility index (Phi) is 4.84. The van der Waals surface area contributed by atoms with Crippen molar-refractivity contribution in [2.45, 2.75) is 19.4 Å². The number of aromatic amines is 1. The molecule has 0 saturated carbocycles. The standard InChI is InChI=1S/C8H17N5O2S/c1-13(6-8-10-7-11-12-8)16(14,15)5-3-2-4-9/h7H,2-6,9H2,1H3,(H,10,11,12). The first-order valence-corrected chi connectivity index (χ1v) is 6.65. The minimum Gasteiger partial charge on any atom is -0.330 e. The Balaban J connectivity index is 2.48. The van der Waals surface area contributed by atoms with Crippen LogP contribution in [0, 0.1) is 0 Å². The third-order valence-corrected chi connectivity index (χ3v) is 4.05. The van der Waals surface area contributed by atoms with Crippen LogP contribution in [0.15, 0.2) is 6.33 Å². The van der Waals surface area contributed by atoms with Crippen LogP contribution in [0.2, 0.25) is 0 Å². The van der Waals surface area contributed by atoms with Crippen LogP contribution in [0.5, 0.6) is 0 Å². The number of sulfonamides is 1. The quantitative estimate of drug-likeness (QED) is 0.620. The summed E-state index contributed by atoms with van der Waals surface area (Å²) in [6.45, 7) is 0.728. The number of nitrogens with two attached hydrogens (primary N) is 1. The molecule has 1 rings (SSSR count). The molecule has 0 aliphatic rings. The van der Waals surface area contributed by atoms with Crippen LogP contribution in [0.1, 0.15) is 18.7 Å². The highest BCUT2D eigenvalue weighted by Crippen LogP contribution is 2.05. The molecule has 0 atom stereocenters. The Labute approximate surface area is 95.1 Å². The molecule has 92 valence electrons. The van der Waals surface area contributed by atoms with E-state index in [0.29, 0.717) is 18.8 Å². The number of hydrogen-bond donors (Lipinski definition) is 2. The van der Waals surface area contributed by atoms with E-state index < -0.39 is 10.0 Å². The van der Waals surface area contributed by atoms with Gasteiger partial charge in [0.05, 0.1) is 12.3 Å². The molecule has 0 bridgehead atoms. The predicted octanol–water partition coefficient (Wildman–Crippen LogP) is -0.695. The highest BCUT2D eigenvalue weighted by atomic mass is 32.2. The van der Waals surface area contributed by atoms with Crippen LogP contribution in [0.25, 0.3) is 0 Å². The summed E-state index contributed by atoms with van der Waals surface area (Å²) in [5.41, 5.74) is 5.31. The molecular weight excluding hydrogens is 230 g/mol. The lowest BCUT2D eigenvalue weighted by Gasteiger charge is -2.15. The van der Waals surface area contributed by atoms with Gasteiger partial charge in [-0.05, 0) is 19.4 Å². The summed E-state index contributed by atoms with van der Waals surface area (Å²) in [6.07, 6.45) is 2.65. The minimum atomic E-state index is -3.22. The van der Waals surface area contributed by atoms with E-state index in [2.05, 4.69) is 15.2 Å². The molecule has 0 fully saturated rings. The lowest BCUT2D eigenvalue weighted by atomic mass is 10.3. The van der Waals surface area contributed by atoms with E-state index in [-0.39, 0.29) is 12.3 Å². The molecule has 1 aromatic heterocycles. The normalized spacial score (nSPS) is 12.2. The van der Waals surface area contributed by atoms with Gasteiger partial charge >= 0.3 is 0 Å². The Morgan fingerprint density at radius 3 is 2.81 bits per heavy atom. The fourth-order valence-corrected chi connectivity index (χ4v) is 2.40. The van der Waals surface area contributed by atoms with Gasteiger partial charge in [-0.3, -0.25) is 5.10 Å². The van der Waals surface area contributed by atoms with E-state index >= 15 is 0 Å². The van der Waals surface area contributed by atoms with Crippen LogP contribution >= 0.6 is 0 Å². The average molecular weight is 247 g/mol. The molecule has 1 heterocycles. The molecule has 0 radical (unpaired) electrons. The highest BCUT2D eigenvalue weighted by Gasteiger charge is 2.18. The van der Waals surface area contributed by atoms with Gasteiger partial charge in [0.1, 0.15) is 12.2 Å². The zero-order valence-electron chi connectivity index (χ0n) is 9.26. The summed E-state index contributed by atoms with van der Waals surface area (Å²) in [4.78, 5) is 3.87. The van der Waals surface area contributed by atoms with Crippen molar-refractivity contribution < 1.29 is 8.42 Å². The van der Waals surface area contributed by atoms with Gasteiger partial charge in [-0.25, -0.2) is 13.4 Å². The van der Waals surface area contributed by atoms with Crippen molar-refractivity contribution in [3.8, 4) is 0 Å². The number of H-pyrrole nitrogens is 1. The average Bonchev–Trinajstić information content (AvgIpc) is 2.70. The fourth-order valence-electron chi connectivity index (χ4n) is 1.20. The summed E-state index contributed by atoms with van der Waals surface area (Å²) in [7, 11) is -1.69. The van der Waals surface area contributed by atoms with Crippen LogP contribution in [-0.2, 0) is 16.6 Å². The second kappa shape index (κ2) is 5.92. The molecule has 7 nitrogen and oxygen atoms in total. The number of unbranched alkanes of at least 4 members (excludes halogenated alkanes) is 1. The largest absolute Gasteiger partial charge is 0.330 e. The Bertz CT molecular complexity index is 389. The van der Waals surface area contributed by atoms with Gasteiger partial charge in [0.2, 0.25) is 10.0 Å². The van der Waals surface area contributed by atoms with Crippen molar-refractivity contribution in [2.75, 3.05) is 19.3 Å². The van der Waals surface area contributed by atoms with Crippen LogP contribution in [0.3, 0.4) is 0 Å². The van der Waals surface area contributed by atoms with E-state index in [1.165, 1.54) is 17.7 Å². The van der Waals surface area contributed by atoms with Crippen LogP contribution < -0.4 is 5.73 Å². The van der Waals surface area contributed by atoms with Crippen molar-refractivity contribution in [1.82, 2.24) is 19.5 Å². The Morgan fingerprint density at radius 1 is 1.50 bits per heavy atom. The van der Waals surface area contributed by atoms with E-state index in [9.17, 15) is 8.42 Å². The maximum Gasteiger partial charge on any atom is 0.214 e. The maximum atomic E-state index is 11.8. The lowest BCUT2D eigenvalue weighted by Crippen LogP contribution is -2.29. The Morgan fingerprint density at radius 2 is 2.25 bits per heavy atom. The summed E-state index contributed by atoms with van der Waals surface area (Å²) in [5.74, 6) is 0.652. The van der Waals surface area contributed by atoms with Crippen molar-refractivity contribution in [1.29, 1.82) is 0 Å². The van der Waals surface area contributed by atoms with E-state index in [1.807, 2.05) is 0 Å². The number of hydrogen-bond acceptors (Lipinski definition) is 5. The van der Waals surface area contributed by atoms with E-state index in [4.69, 9.17) is 5.73 Å². The summed E-state index contributed by atoms with van der Waals surface area (Å²) in [5, 5.41) is 6.28.